The Morgan fingerprint density at radius 1 is 1.27 bits per heavy atom. The average molecular weight is 318 g/mol. The summed E-state index contributed by atoms with van der Waals surface area (Å²) in [6.45, 7) is 1.65. The Kier molecular flexibility index (Phi) is 4.97. The van der Waals surface area contributed by atoms with E-state index >= 15 is 0 Å². The molecule has 2 aromatic carbocycles. The molecule has 1 amide bonds. The van der Waals surface area contributed by atoms with Gasteiger partial charge in [-0.3, -0.25) is 4.79 Å². The van der Waals surface area contributed by atoms with Gasteiger partial charge in [0.25, 0.3) is 0 Å². The molecule has 0 fully saturated rings. The molecule has 2 aromatic rings. The fraction of sp³-hybridized carbons (Fsp3) is 0.125. The number of carbonyl (C=O) groups excluding carboxylic acids is 1. The average Bonchev–Trinajstić information content (AvgIpc) is 2.49. The number of nitrogens with zero attached hydrogens (tertiary/aromatic N) is 1. The lowest BCUT2D eigenvalue weighted by Crippen LogP contribution is -2.21. The molecule has 22 heavy (non-hydrogen) atoms. The van der Waals surface area contributed by atoms with E-state index in [1.165, 1.54) is 18.2 Å². The Morgan fingerprint density at radius 2 is 2.00 bits per heavy atom. The summed E-state index contributed by atoms with van der Waals surface area (Å²) in [5.74, 6) is -0.633. The van der Waals surface area contributed by atoms with Crippen LogP contribution in [0.1, 0.15) is 11.1 Å². The van der Waals surface area contributed by atoms with Gasteiger partial charge in [-0.15, -0.1) is 0 Å². The van der Waals surface area contributed by atoms with E-state index in [0.717, 1.165) is 0 Å². The molecule has 0 aliphatic heterocycles. The van der Waals surface area contributed by atoms with Crippen molar-refractivity contribution in [3.8, 4) is 6.07 Å². The topological polar surface area (TPSA) is 64.9 Å². The first-order valence-corrected chi connectivity index (χ1v) is 6.87. The van der Waals surface area contributed by atoms with E-state index < -0.39 is 0 Å². The standard InChI is InChI=1S/C16H13ClFN3O/c1-10-2-4-12(7-15(10)18)20-9-16(22)21-13-5-3-11(8-19)14(17)6-13/h2-7,20H,9H2,1H3,(H,21,22). The first-order chi connectivity index (χ1) is 10.5. The van der Waals surface area contributed by atoms with Crippen LogP contribution in [0.4, 0.5) is 15.8 Å². The van der Waals surface area contributed by atoms with Crippen molar-refractivity contribution in [2.24, 2.45) is 0 Å². The summed E-state index contributed by atoms with van der Waals surface area (Å²) in [6, 6.07) is 11.2. The molecule has 0 atom stereocenters. The van der Waals surface area contributed by atoms with Crippen molar-refractivity contribution in [2.45, 2.75) is 6.92 Å². The molecule has 0 aliphatic rings. The largest absolute Gasteiger partial charge is 0.376 e. The lowest BCUT2D eigenvalue weighted by atomic mass is 10.2. The van der Waals surface area contributed by atoms with Gasteiger partial charge in [-0.2, -0.15) is 5.26 Å². The predicted molar refractivity (Wildman–Crippen MR) is 84.4 cm³/mol. The van der Waals surface area contributed by atoms with Crippen molar-refractivity contribution in [3.05, 3.63) is 58.4 Å². The molecule has 0 spiro atoms. The van der Waals surface area contributed by atoms with Crippen LogP contribution in [0.15, 0.2) is 36.4 Å². The summed E-state index contributed by atoms with van der Waals surface area (Å²) < 4.78 is 13.4. The number of nitrogens with one attached hydrogen (secondary N) is 2. The number of hydrogen-bond acceptors (Lipinski definition) is 3. The van der Waals surface area contributed by atoms with Crippen LogP contribution < -0.4 is 10.6 Å². The highest BCUT2D eigenvalue weighted by molar-refractivity contribution is 6.32. The third-order valence-corrected chi connectivity index (χ3v) is 3.31. The third-order valence-electron chi connectivity index (χ3n) is 3.00. The maximum absolute atomic E-state index is 13.4. The lowest BCUT2D eigenvalue weighted by molar-refractivity contribution is -0.114. The number of aryl methyl sites for hydroxylation is 1. The van der Waals surface area contributed by atoms with Crippen LogP contribution >= 0.6 is 11.6 Å². The molecular formula is C16H13ClFN3O. The predicted octanol–water partition coefficient (Wildman–Crippen LogP) is 3.71. The minimum absolute atomic E-state index is 0.0138. The molecule has 4 nitrogen and oxygen atoms in total. The van der Waals surface area contributed by atoms with E-state index in [2.05, 4.69) is 10.6 Å². The van der Waals surface area contributed by atoms with E-state index in [1.54, 1.807) is 25.1 Å². The molecule has 2 N–H and O–H groups in total. The van der Waals surface area contributed by atoms with Gasteiger partial charge in [0.2, 0.25) is 5.91 Å². The molecule has 0 unspecified atom stereocenters. The summed E-state index contributed by atoms with van der Waals surface area (Å²) >= 11 is 5.89. The van der Waals surface area contributed by atoms with Crippen molar-refractivity contribution in [3.63, 3.8) is 0 Å². The molecule has 0 heterocycles. The van der Waals surface area contributed by atoms with Crippen LogP contribution in [-0.2, 0) is 4.79 Å². The highest BCUT2D eigenvalue weighted by Crippen LogP contribution is 2.20. The second-order valence-corrected chi connectivity index (χ2v) is 5.08. The summed E-state index contributed by atoms with van der Waals surface area (Å²) in [6.07, 6.45) is 0. The SMILES string of the molecule is Cc1ccc(NCC(=O)Nc2ccc(C#N)c(Cl)c2)cc1F. The Bertz CT molecular complexity index is 756. The van der Waals surface area contributed by atoms with Crippen LogP contribution in [0.2, 0.25) is 5.02 Å². The number of carbonyl (C=O) groups is 1. The molecule has 0 bridgehead atoms. The monoisotopic (exact) mass is 317 g/mol. The van der Waals surface area contributed by atoms with Crippen LogP contribution in [0.3, 0.4) is 0 Å². The van der Waals surface area contributed by atoms with Gasteiger partial charge >= 0.3 is 0 Å². The zero-order valence-electron chi connectivity index (χ0n) is 11.8. The summed E-state index contributed by atoms with van der Waals surface area (Å²) in [5, 5.41) is 14.5. The van der Waals surface area contributed by atoms with Crippen LogP contribution in [0.25, 0.3) is 0 Å². The molecule has 112 valence electrons. The van der Waals surface area contributed by atoms with Crippen LogP contribution in [0, 0.1) is 24.1 Å². The van der Waals surface area contributed by atoms with Gasteiger partial charge < -0.3 is 10.6 Å². The van der Waals surface area contributed by atoms with Crippen molar-refractivity contribution >= 4 is 28.9 Å². The highest BCUT2D eigenvalue weighted by atomic mass is 35.5. The van der Waals surface area contributed by atoms with Crippen molar-refractivity contribution in [1.29, 1.82) is 5.26 Å². The number of hydrogen-bond donors (Lipinski definition) is 2. The van der Waals surface area contributed by atoms with E-state index in [4.69, 9.17) is 16.9 Å². The Hall–Kier alpha value is -2.58. The normalized spacial score (nSPS) is 9.91. The lowest BCUT2D eigenvalue weighted by Gasteiger charge is -2.09. The number of benzene rings is 2. The third kappa shape index (κ3) is 3.96. The van der Waals surface area contributed by atoms with Gasteiger partial charge in [0.1, 0.15) is 11.9 Å². The second-order valence-electron chi connectivity index (χ2n) is 4.67. The van der Waals surface area contributed by atoms with Gasteiger partial charge in [0.15, 0.2) is 0 Å². The Morgan fingerprint density at radius 3 is 2.64 bits per heavy atom. The molecule has 0 aliphatic carbocycles. The summed E-state index contributed by atoms with van der Waals surface area (Å²) in [5.41, 5.74) is 1.90. The van der Waals surface area contributed by atoms with Crippen molar-refractivity contribution < 1.29 is 9.18 Å². The second kappa shape index (κ2) is 6.92. The van der Waals surface area contributed by atoms with Crippen molar-refractivity contribution in [2.75, 3.05) is 17.2 Å². The molecule has 0 aromatic heterocycles. The minimum Gasteiger partial charge on any atom is -0.376 e. The maximum atomic E-state index is 13.4. The molecule has 0 radical (unpaired) electrons. The first-order valence-electron chi connectivity index (χ1n) is 6.49. The first kappa shape index (κ1) is 15.8. The number of anilines is 2. The molecule has 0 saturated carbocycles. The van der Waals surface area contributed by atoms with Gasteiger partial charge in [-0.05, 0) is 42.8 Å². The Labute approximate surface area is 132 Å². The van der Waals surface area contributed by atoms with Gasteiger partial charge in [0, 0.05) is 11.4 Å². The number of rotatable bonds is 4. The number of amides is 1. The molecule has 0 saturated heterocycles. The zero-order valence-corrected chi connectivity index (χ0v) is 12.5. The smallest absolute Gasteiger partial charge is 0.243 e. The van der Waals surface area contributed by atoms with Gasteiger partial charge in [-0.25, -0.2) is 4.39 Å². The summed E-state index contributed by atoms with van der Waals surface area (Å²) in [4.78, 5) is 11.8. The molecular weight excluding hydrogens is 305 g/mol. The van der Waals surface area contributed by atoms with E-state index in [9.17, 15) is 9.18 Å². The Balaban J connectivity index is 1.94. The van der Waals surface area contributed by atoms with Crippen molar-refractivity contribution in [1.82, 2.24) is 0 Å². The van der Waals surface area contributed by atoms with E-state index in [-0.39, 0.29) is 23.3 Å². The molecule has 6 heteroatoms. The van der Waals surface area contributed by atoms with E-state index in [1.807, 2.05) is 6.07 Å². The number of halogens is 2. The zero-order chi connectivity index (χ0) is 16.1. The fourth-order valence-electron chi connectivity index (χ4n) is 1.77. The molecule has 2 rings (SSSR count). The summed E-state index contributed by atoms with van der Waals surface area (Å²) in [7, 11) is 0. The van der Waals surface area contributed by atoms with E-state index in [0.29, 0.717) is 22.5 Å². The maximum Gasteiger partial charge on any atom is 0.243 e. The minimum atomic E-state index is -0.329. The fourth-order valence-corrected chi connectivity index (χ4v) is 2.00. The number of nitriles is 1. The quantitative estimate of drug-likeness (QED) is 0.903. The van der Waals surface area contributed by atoms with Gasteiger partial charge in [-0.1, -0.05) is 17.7 Å². The van der Waals surface area contributed by atoms with Crippen LogP contribution in [0.5, 0.6) is 0 Å². The highest BCUT2D eigenvalue weighted by Gasteiger charge is 2.06. The van der Waals surface area contributed by atoms with Gasteiger partial charge in [0.05, 0.1) is 17.1 Å². The van der Waals surface area contributed by atoms with Crippen LogP contribution in [-0.4, -0.2) is 12.5 Å².